The number of aliphatic carboxylic acids is 1. The number of likely N-dealkylation sites (N-methyl/N-ethyl adjacent to an activating group) is 1. The van der Waals surface area contributed by atoms with Crippen molar-refractivity contribution >= 4 is 11.7 Å². The van der Waals surface area contributed by atoms with Gasteiger partial charge in [0.1, 0.15) is 6.61 Å². The third-order valence-electron chi connectivity index (χ3n) is 12.4. The third kappa shape index (κ3) is 11.4. The lowest BCUT2D eigenvalue weighted by Gasteiger charge is -2.41. The number of benzene rings is 5. The van der Waals surface area contributed by atoms with Crippen molar-refractivity contribution in [1.29, 1.82) is 0 Å². The largest absolute Gasteiger partial charge is 0.480 e. The number of carboxylic acids is 1. The Hall–Kier alpha value is -6.76. The van der Waals surface area contributed by atoms with Crippen LogP contribution in [0.5, 0.6) is 0 Å². The predicted molar refractivity (Wildman–Crippen MR) is 252 cm³/mol. The normalized spacial score (nSPS) is 15.8. The minimum absolute atomic E-state index is 0.0177. The first kappa shape index (κ1) is 48.7. The molecule has 1 fully saturated rings. The van der Waals surface area contributed by atoms with E-state index in [1.807, 2.05) is 67.4 Å². The molecule has 69 heavy (non-hydrogen) atoms. The van der Waals surface area contributed by atoms with Gasteiger partial charge < -0.3 is 38.7 Å². The Bertz CT molecular complexity index is 2900. The second kappa shape index (κ2) is 21.3. The van der Waals surface area contributed by atoms with Gasteiger partial charge in [-0.1, -0.05) is 71.0 Å². The number of aromatic nitrogens is 4. The van der Waals surface area contributed by atoms with Crippen LogP contribution >= 0.6 is 0 Å². The number of anilines is 1. The number of hydrogen-bond acceptors (Lipinski definition) is 13. The van der Waals surface area contributed by atoms with Crippen molar-refractivity contribution in [1.82, 2.24) is 25.2 Å². The van der Waals surface area contributed by atoms with E-state index in [1.165, 1.54) is 6.07 Å². The van der Waals surface area contributed by atoms with Gasteiger partial charge >= 0.3 is 12.1 Å². The summed E-state index contributed by atoms with van der Waals surface area (Å²) in [6, 6.07) is 30.7. The Balaban J connectivity index is 1.03. The summed E-state index contributed by atoms with van der Waals surface area (Å²) in [6.07, 6.45) is -4.54. The summed E-state index contributed by atoms with van der Waals surface area (Å²) in [4.78, 5) is 23.8. The smallest absolute Gasteiger partial charge is 0.418 e. The molecule has 17 heteroatoms. The predicted octanol–water partition coefficient (Wildman–Crippen LogP) is 9.42. The van der Waals surface area contributed by atoms with Crippen LogP contribution in [0.4, 0.5) is 18.9 Å². The number of ether oxygens (including phenoxy) is 2. The van der Waals surface area contributed by atoms with Crippen LogP contribution in [0.2, 0.25) is 0 Å². The van der Waals surface area contributed by atoms with Gasteiger partial charge in [-0.25, -0.2) is 4.79 Å². The molecule has 0 aliphatic carbocycles. The van der Waals surface area contributed by atoms with Crippen LogP contribution in [0.1, 0.15) is 59.1 Å². The minimum atomic E-state index is -4.70. The van der Waals surface area contributed by atoms with Crippen molar-refractivity contribution in [3.05, 3.63) is 137 Å². The van der Waals surface area contributed by atoms with Crippen molar-refractivity contribution in [3.63, 3.8) is 0 Å². The molecule has 0 amide bonds. The van der Waals surface area contributed by atoms with E-state index < -0.39 is 37.0 Å². The van der Waals surface area contributed by atoms with E-state index >= 15 is 0 Å². The van der Waals surface area contributed by atoms with E-state index in [0.717, 1.165) is 45.0 Å². The second-order valence-electron chi connectivity index (χ2n) is 17.5. The lowest BCUT2D eigenvalue weighted by atomic mass is 9.82. The maximum atomic E-state index is 14.9. The molecule has 2 aromatic heterocycles. The molecule has 3 atom stereocenters. The number of carboxylic acid groups (broad SMARTS) is 1. The molecule has 5 aromatic carbocycles. The Labute approximate surface area is 396 Å². The number of hydrogen-bond donors (Lipinski definition) is 3. The van der Waals surface area contributed by atoms with Gasteiger partial charge in [-0.2, -0.15) is 23.1 Å². The second-order valence-corrected chi connectivity index (χ2v) is 17.5. The Morgan fingerprint density at radius 2 is 1.54 bits per heavy atom. The minimum Gasteiger partial charge on any atom is -0.480 e. The fraction of sp³-hybridized carbons (Fsp3) is 0.327. The number of halogens is 3. The highest BCUT2D eigenvalue weighted by atomic mass is 19.4. The monoisotopic (exact) mass is 946 g/mol. The number of aliphatic hydroxyl groups is 2. The van der Waals surface area contributed by atoms with Gasteiger partial charge in [-0.15, -0.1) is 0 Å². The highest BCUT2D eigenvalue weighted by Crippen LogP contribution is 2.44. The SMILES string of the molecule is COCc1cc(-c2nc(-c3ccc(C4CCN(c5ccc(-c6nc(-c7cccc(COCC(=O)O)c7)no6)cc5C(F)(F)F)C(C)C4)c(CN(C)CC(O)CO)c3)no2)ccc1-c1ccccc1C. The highest BCUT2D eigenvalue weighted by Gasteiger charge is 2.38. The number of piperidine rings is 1. The summed E-state index contributed by atoms with van der Waals surface area (Å²) >= 11 is 0. The molecule has 14 nitrogen and oxygen atoms in total. The summed E-state index contributed by atoms with van der Waals surface area (Å²) in [5, 5.41) is 37.1. The van der Waals surface area contributed by atoms with E-state index in [4.69, 9.17) is 28.6 Å². The average molecular weight is 947 g/mol. The summed E-state index contributed by atoms with van der Waals surface area (Å²) in [5.41, 5.74) is 8.17. The molecule has 3 N–H and O–H groups in total. The van der Waals surface area contributed by atoms with Crippen molar-refractivity contribution in [2.24, 2.45) is 0 Å². The first-order valence-corrected chi connectivity index (χ1v) is 22.5. The van der Waals surface area contributed by atoms with Gasteiger partial charge in [0.2, 0.25) is 11.6 Å². The van der Waals surface area contributed by atoms with Crippen molar-refractivity contribution < 1.29 is 51.8 Å². The zero-order valence-electron chi connectivity index (χ0n) is 38.6. The highest BCUT2D eigenvalue weighted by molar-refractivity contribution is 5.74. The van der Waals surface area contributed by atoms with Gasteiger partial charge in [0.05, 0.1) is 31.5 Å². The van der Waals surface area contributed by atoms with E-state index in [-0.39, 0.29) is 48.1 Å². The molecule has 0 spiro atoms. The Kier molecular flexibility index (Phi) is 15.0. The molecule has 0 radical (unpaired) electrons. The lowest BCUT2D eigenvalue weighted by Crippen LogP contribution is -2.41. The summed E-state index contributed by atoms with van der Waals surface area (Å²) in [5.74, 6) is -0.333. The quantitative estimate of drug-likeness (QED) is 0.0740. The number of carbonyl (C=O) groups is 1. The molecular weight excluding hydrogens is 894 g/mol. The molecule has 360 valence electrons. The van der Waals surface area contributed by atoms with E-state index in [1.54, 1.807) is 42.3 Å². The maximum absolute atomic E-state index is 14.9. The van der Waals surface area contributed by atoms with Crippen molar-refractivity contribution in [3.8, 4) is 56.8 Å². The number of methoxy groups -OCH3 is 1. The van der Waals surface area contributed by atoms with Crippen LogP contribution < -0.4 is 4.90 Å². The van der Waals surface area contributed by atoms with Crippen LogP contribution in [-0.4, -0.2) is 99.1 Å². The van der Waals surface area contributed by atoms with E-state index in [0.29, 0.717) is 60.9 Å². The molecule has 0 saturated carbocycles. The maximum Gasteiger partial charge on any atom is 0.418 e. The fourth-order valence-electron chi connectivity index (χ4n) is 9.12. The number of nitrogens with zero attached hydrogens (tertiary/aromatic N) is 6. The number of alkyl halides is 3. The van der Waals surface area contributed by atoms with Crippen molar-refractivity contribution in [2.45, 2.75) is 70.7 Å². The summed E-state index contributed by atoms with van der Waals surface area (Å²) in [7, 11) is 3.50. The van der Waals surface area contributed by atoms with Crippen LogP contribution in [0.3, 0.4) is 0 Å². The molecular formula is C52H53F3N6O8. The topological polar surface area (TPSA) is 181 Å². The third-order valence-corrected chi connectivity index (χ3v) is 12.4. The van der Waals surface area contributed by atoms with E-state index in [9.17, 15) is 28.2 Å². The molecule has 1 saturated heterocycles. The number of aliphatic hydroxyl groups excluding tert-OH is 2. The van der Waals surface area contributed by atoms with Gasteiger partial charge in [0.15, 0.2) is 0 Å². The lowest BCUT2D eigenvalue weighted by molar-refractivity contribution is -0.142. The standard InChI is InChI=1S/C52H53F3N6O8/c1-31-8-5-6-11-42(31)44-16-13-37(23-40(44)29-66-4)50-57-49(59-68-50)36-12-15-43(39(22-36)25-60(3)26-41(63)27-62)34-18-19-61(32(2)20-34)46-17-14-38(24-45(46)52(53,54)55)51-56-48(58-69-51)35-10-7-9-33(21-35)28-67-30-47(64)65/h5-17,21-24,32,34,41,62-63H,18-20,25-30H2,1-4H3,(H,64,65). The van der Waals surface area contributed by atoms with Crippen LogP contribution in [0.25, 0.3) is 56.8 Å². The molecule has 1 aliphatic rings. The Morgan fingerprint density at radius 1 is 0.855 bits per heavy atom. The van der Waals surface area contributed by atoms with Gasteiger partial charge in [-0.3, -0.25) is 4.90 Å². The van der Waals surface area contributed by atoms with Crippen LogP contribution in [-0.2, 0) is 40.2 Å². The summed E-state index contributed by atoms with van der Waals surface area (Å²) in [6.45, 7) is 4.51. The zero-order valence-corrected chi connectivity index (χ0v) is 38.6. The van der Waals surface area contributed by atoms with Gasteiger partial charge in [-0.05, 0) is 121 Å². The molecule has 3 unspecified atom stereocenters. The Morgan fingerprint density at radius 3 is 2.22 bits per heavy atom. The van der Waals surface area contributed by atoms with Gasteiger partial charge in [0, 0.05) is 60.7 Å². The molecule has 3 heterocycles. The van der Waals surface area contributed by atoms with Crippen LogP contribution in [0, 0.1) is 6.92 Å². The summed E-state index contributed by atoms with van der Waals surface area (Å²) < 4.78 is 66.8. The average Bonchev–Trinajstić information content (AvgIpc) is 4.04. The molecule has 8 rings (SSSR count). The first-order chi connectivity index (χ1) is 33.2. The molecule has 1 aliphatic heterocycles. The molecule has 7 aromatic rings. The van der Waals surface area contributed by atoms with E-state index in [2.05, 4.69) is 34.4 Å². The van der Waals surface area contributed by atoms with Crippen LogP contribution in [0.15, 0.2) is 112 Å². The number of rotatable bonds is 18. The van der Waals surface area contributed by atoms with Crippen molar-refractivity contribution in [2.75, 3.05) is 45.4 Å². The zero-order chi connectivity index (χ0) is 48.8. The fourth-order valence-corrected chi connectivity index (χ4v) is 9.12. The van der Waals surface area contributed by atoms with Gasteiger partial charge in [0.25, 0.3) is 11.8 Å². The molecule has 0 bridgehead atoms. The number of aryl methyl sites for hydroxylation is 1. The first-order valence-electron chi connectivity index (χ1n) is 22.5.